The second-order valence-corrected chi connectivity index (χ2v) is 9.06. The number of rotatable bonds is 6. The number of fused-ring (bicyclic) bond motifs is 2. The number of aromatic nitrogens is 3. The van der Waals surface area contributed by atoms with Crippen LogP contribution in [0.1, 0.15) is 25.7 Å². The van der Waals surface area contributed by atoms with Crippen LogP contribution in [0, 0.1) is 5.92 Å². The average molecular weight is 451 g/mol. The van der Waals surface area contributed by atoms with Crippen molar-refractivity contribution in [3.05, 3.63) is 40.3 Å². The second-order valence-electron chi connectivity index (χ2n) is 8.23. The molecular formula is C23H26N6O2S. The zero-order chi connectivity index (χ0) is 21.9. The van der Waals surface area contributed by atoms with Crippen molar-refractivity contribution < 1.29 is 9.53 Å². The Morgan fingerprint density at radius 3 is 2.97 bits per heavy atom. The maximum absolute atomic E-state index is 12.9. The van der Waals surface area contributed by atoms with Crippen LogP contribution >= 0.6 is 11.5 Å². The Kier molecular flexibility index (Phi) is 6.00. The van der Waals surface area contributed by atoms with E-state index in [4.69, 9.17) is 4.74 Å². The molecule has 1 aliphatic heterocycles. The van der Waals surface area contributed by atoms with Gasteiger partial charge in [0.25, 0.3) is 0 Å². The van der Waals surface area contributed by atoms with Crippen molar-refractivity contribution in [2.45, 2.75) is 31.7 Å². The first-order valence-corrected chi connectivity index (χ1v) is 11.7. The number of carbonyl (C=O) groups is 1. The summed E-state index contributed by atoms with van der Waals surface area (Å²) >= 11 is 1.54. The molecule has 9 heteroatoms. The topological polar surface area (TPSA) is 92.3 Å². The number of ether oxygens (including phenoxy) is 1. The third kappa shape index (κ3) is 4.44. The lowest BCUT2D eigenvalue weighted by molar-refractivity contribution is -0.120. The minimum absolute atomic E-state index is 0.0104. The molecule has 0 saturated heterocycles. The normalized spacial score (nSPS) is 20.2. The predicted molar refractivity (Wildman–Crippen MR) is 125 cm³/mol. The lowest BCUT2D eigenvalue weighted by Gasteiger charge is -2.31. The highest BCUT2D eigenvalue weighted by Gasteiger charge is 2.27. The number of anilines is 1. The van der Waals surface area contributed by atoms with E-state index in [9.17, 15) is 4.79 Å². The Balaban J connectivity index is 1.14. The third-order valence-corrected chi connectivity index (χ3v) is 6.98. The maximum atomic E-state index is 12.9. The molecule has 1 aliphatic carbocycles. The predicted octanol–water partition coefficient (Wildman–Crippen LogP) is 1.67. The van der Waals surface area contributed by atoms with E-state index in [0.717, 1.165) is 44.4 Å². The molecule has 1 saturated carbocycles. The second kappa shape index (κ2) is 9.22. The van der Waals surface area contributed by atoms with E-state index in [2.05, 4.69) is 42.2 Å². The lowest BCUT2D eigenvalue weighted by Crippen LogP contribution is -2.43. The molecule has 0 bridgehead atoms. The number of hydrogen-bond acceptors (Lipinski definition) is 8. The molecule has 0 radical (unpaired) electrons. The number of nitrogens with one attached hydrogen (secondary N) is 2. The summed E-state index contributed by atoms with van der Waals surface area (Å²) in [7, 11) is 1.58. The molecule has 0 unspecified atom stereocenters. The summed E-state index contributed by atoms with van der Waals surface area (Å²) in [5.41, 5.74) is 2.06. The molecule has 32 heavy (non-hydrogen) atoms. The van der Waals surface area contributed by atoms with E-state index < -0.39 is 0 Å². The smallest absolute Gasteiger partial charge is 0.227 e. The number of methoxy groups -OCH3 is 1. The first-order valence-electron chi connectivity index (χ1n) is 10.9. The van der Waals surface area contributed by atoms with Gasteiger partial charge in [0.2, 0.25) is 11.8 Å². The Morgan fingerprint density at radius 1 is 1.25 bits per heavy atom. The van der Waals surface area contributed by atoms with Crippen LogP contribution in [0.4, 0.5) is 5.69 Å². The van der Waals surface area contributed by atoms with Crippen molar-refractivity contribution in [3.8, 4) is 5.88 Å². The van der Waals surface area contributed by atoms with Gasteiger partial charge in [-0.05, 0) is 55.4 Å². The average Bonchev–Trinajstić information content (AvgIpc) is 3.31. The highest BCUT2D eigenvalue weighted by atomic mass is 32.1. The molecule has 0 aromatic carbocycles. The standard InChI is InChI=1S/C23H26N6O2S/c1-31-21-7-6-18-22(28-21)19(8-10-24-18)27-23(30)15-2-4-17(5-3-15)25-14-29-11-9-20-16(13-29)12-26-32-20/h6-10,12-13,15,17,25H,2-5,11,14H2,1H3,(H,24,27,30). The maximum Gasteiger partial charge on any atom is 0.227 e. The number of pyridine rings is 2. The summed E-state index contributed by atoms with van der Waals surface area (Å²) in [6.07, 6.45) is 11.7. The summed E-state index contributed by atoms with van der Waals surface area (Å²) in [5.74, 6) is 0.566. The molecule has 166 valence electrons. The summed E-state index contributed by atoms with van der Waals surface area (Å²) in [5, 5.41) is 7.92. The molecule has 0 spiro atoms. The van der Waals surface area contributed by atoms with Gasteiger partial charge >= 0.3 is 0 Å². The molecular weight excluding hydrogens is 424 g/mol. The molecule has 0 atom stereocenters. The molecule has 2 aliphatic rings. The first kappa shape index (κ1) is 20.8. The van der Waals surface area contributed by atoms with Gasteiger partial charge in [0, 0.05) is 48.4 Å². The van der Waals surface area contributed by atoms with Gasteiger partial charge < -0.3 is 15.0 Å². The number of carbonyl (C=O) groups excluding carboxylic acids is 1. The minimum Gasteiger partial charge on any atom is -0.481 e. The fourth-order valence-electron chi connectivity index (χ4n) is 4.33. The first-order chi connectivity index (χ1) is 15.7. The fourth-order valence-corrected chi connectivity index (χ4v) is 4.97. The van der Waals surface area contributed by atoms with Crippen molar-refractivity contribution in [2.24, 2.45) is 5.92 Å². The molecule has 3 aromatic rings. The van der Waals surface area contributed by atoms with Crippen molar-refractivity contribution in [3.63, 3.8) is 0 Å². The van der Waals surface area contributed by atoms with Crippen LogP contribution in [0.5, 0.6) is 5.88 Å². The summed E-state index contributed by atoms with van der Waals surface area (Å²) < 4.78 is 10.7. The Bertz CT molecular complexity index is 1230. The highest BCUT2D eigenvalue weighted by Crippen LogP contribution is 2.27. The van der Waals surface area contributed by atoms with Crippen LogP contribution < -0.4 is 25.1 Å². The van der Waals surface area contributed by atoms with Gasteiger partial charge in [0.05, 0.1) is 29.5 Å². The molecule has 5 rings (SSSR count). The van der Waals surface area contributed by atoms with Crippen molar-refractivity contribution in [2.75, 3.05) is 25.6 Å². The summed E-state index contributed by atoms with van der Waals surface area (Å²) in [6, 6.07) is 5.84. The van der Waals surface area contributed by atoms with Crippen LogP contribution in [-0.4, -0.2) is 51.5 Å². The van der Waals surface area contributed by atoms with E-state index in [1.165, 1.54) is 9.75 Å². The van der Waals surface area contributed by atoms with E-state index in [-0.39, 0.29) is 11.8 Å². The Morgan fingerprint density at radius 2 is 2.12 bits per heavy atom. The molecule has 2 N–H and O–H groups in total. The van der Waals surface area contributed by atoms with Gasteiger partial charge in [0.15, 0.2) is 0 Å². The molecule has 8 nitrogen and oxygen atoms in total. The fraction of sp³-hybridized carbons (Fsp3) is 0.391. The van der Waals surface area contributed by atoms with Gasteiger partial charge in [0.1, 0.15) is 5.52 Å². The molecule has 3 aromatic heterocycles. The number of amides is 1. The van der Waals surface area contributed by atoms with E-state index >= 15 is 0 Å². The highest BCUT2D eigenvalue weighted by molar-refractivity contribution is 7.03. The third-order valence-electron chi connectivity index (χ3n) is 6.17. The molecule has 4 heterocycles. The van der Waals surface area contributed by atoms with Crippen LogP contribution in [0.15, 0.2) is 30.6 Å². The van der Waals surface area contributed by atoms with Crippen LogP contribution in [0.25, 0.3) is 23.3 Å². The van der Waals surface area contributed by atoms with Gasteiger partial charge in [-0.1, -0.05) is 0 Å². The monoisotopic (exact) mass is 450 g/mol. The number of nitrogens with zero attached hydrogens (tertiary/aromatic N) is 4. The zero-order valence-corrected chi connectivity index (χ0v) is 18.8. The largest absolute Gasteiger partial charge is 0.481 e. The van der Waals surface area contributed by atoms with Gasteiger partial charge in [-0.15, -0.1) is 0 Å². The van der Waals surface area contributed by atoms with Crippen molar-refractivity contribution in [1.82, 2.24) is 24.6 Å². The lowest BCUT2D eigenvalue weighted by atomic mass is 9.85. The Hall–Kier alpha value is -3.04. The van der Waals surface area contributed by atoms with Gasteiger partial charge in [-0.2, -0.15) is 4.37 Å². The van der Waals surface area contributed by atoms with Crippen LogP contribution in [0.3, 0.4) is 0 Å². The van der Waals surface area contributed by atoms with Crippen LogP contribution in [-0.2, 0) is 4.79 Å². The quantitative estimate of drug-likeness (QED) is 0.590. The van der Waals surface area contributed by atoms with Crippen molar-refractivity contribution in [1.29, 1.82) is 0 Å². The van der Waals surface area contributed by atoms with Gasteiger partial charge in [-0.25, -0.2) is 4.98 Å². The minimum atomic E-state index is 0.0104. The van der Waals surface area contributed by atoms with Gasteiger partial charge in [-0.3, -0.25) is 15.1 Å². The Labute approximate surface area is 190 Å². The zero-order valence-electron chi connectivity index (χ0n) is 18.0. The van der Waals surface area contributed by atoms with Crippen LogP contribution in [0.2, 0.25) is 0 Å². The number of hydrogen-bond donors (Lipinski definition) is 2. The van der Waals surface area contributed by atoms with Crippen molar-refractivity contribution >= 4 is 46.4 Å². The molecule has 1 fully saturated rings. The SMILES string of the molecule is COc1ccc2nccc(NC(=O)C3CCC(NCN4C=c5cnsc5=CC4)CC3)c2n1. The van der Waals surface area contributed by atoms with E-state index in [1.54, 1.807) is 37.0 Å². The summed E-state index contributed by atoms with van der Waals surface area (Å²) in [6.45, 7) is 1.71. The summed E-state index contributed by atoms with van der Waals surface area (Å²) in [4.78, 5) is 24.0. The molecule has 1 amide bonds. The van der Waals surface area contributed by atoms with E-state index in [0.29, 0.717) is 23.1 Å². The van der Waals surface area contributed by atoms with E-state index in [1.807, 2.05) is 12.3 Å².